The van der Waals surface area contributed by atoms with E-state index in [1.807, 2.05) is 0 Å². The van der Waals surface area contributed by atoms with E-state index in [0.29, 0.717) is 12.0 Å². The van der Waals surface area contributed by atoms with Gasteiger partial charge in [0.2, 0.25) is 0 Å². The minimum atomic E-state index is 0.208. The quantitative estimate of drug-likeness (QED) is 0.710. The van der Waals surface area contributed by atoms with Crippen LogP contribution in [0.4, 0.5) is 0 Å². The molecular weight excluding hydrogens is 176 g/mol. The number of hydrogen-bond acceptors (Lipinski definition) is 3. The van der Waals surface area contributed by atoms with Crippen LogP contribution >= 0.6 is 0 Å². The highest BCUT2D eigenvalue weighted by Gasteiger charge is 2.27. The van der Waals surface area contributed by atoms with Crippen molar-refractivity contribution in [2.45, 2.75) is 39.3 Å². The number of nitrogens with one attached hydrogen (secondary N) is 2. The summed E-state index contributed by atoms with van der Waals surface area (Å²) in [4.78, 5) is 0. The first-order valence-corrected chi connectivity index (χ1v) is 5.59. The zero-order valence-electron chi connectivity index (χ0n) is 9.89. The van der Waals surface area contributed by atoms with Crippen LogP contribution in [0.25, 0.3) is 0 Å². The number of likely N-dealkylation sites (N-methyl/N-ethyl adjacent to an activating group) is 1. The van der Waals surface area contributed by atoms with Gasteiger partial charge in [-0.2, -0.15) is 0 Å². The summed E-state index contributed by atoms with van der Waals surface area (Å²) in [6.45, 7) is 12.6. The number of hydrogen-bond donors (Lipinski definition) is 2. The van der Waals surface area contributed by atoms with Gasteiger partial charge in [-0.1, -0.05) is 6.92 Å². The van der Waals surface area contributed by atoms with Crippen LogP contribution in [-0.2, 0) is 4.74 Å². The van der Waals surface area contributed by atoms with E-state index in [2.05, 4.69) is 38.3 Å². The van der Waals surface area contributed by atoms with Crippen molar-refractivity contribution in [1.82, 2.24) is 10.6 Å². The van der Waals surface area contributed by atoms with E-state index in [0.717, 1.165) is 26.3 Å². The van der Waals surface area contributed by atoms with Crippen molar-refractivity contribution in [2.75, 3.05) is 26.3 Å². The second-order valence-electron chi connectivity index (χ2n) is 5.09. The van der Waals surface area contributed by atoms with Gasteiger partial charge >= 0.3 is 0 Å². The summed E-state index contributed by atoms with van der Waals surface area (Å²) in [5, 5.41) is 7.00. The predicted octanol–water partition coefficient (Wildman–Crippen LogP) is 0.999. The third kappa shape index (κ3) is 3.95. The lowest BCUT2D eigenvalue weighted by Crippen LogP contribution is -2.45. The van der Waals surface area contributed by atoms with E-state index in [1.165, 1.54) is 0 Å². The van der Waals surface area contributed by atoms with Gasteiger partial charge in [-0.25, -0.2) is 0 Å². The Hall–Kier alpha value is -0.120. The maximum Gasteiger partial charge on any atom is 0.0623 e. The van der Waals surface area contributed by atoms with Crippen molar-refractivity contribution in [3.63, 3.8) is 0 Å². The Morgan fingerprint density at radius 2 is 2.00 bits per heavy atom. The lowest BCUT2D eigenvalue weighted by molar-refractivity contribution is 0.181. The molecule has 1 aliphatic rings. The highest BCUT2D eigenvalue weighted by Crippen LogP contribution is 2.13. The van der Waals surface area contributed by atoms with Crippen molar-refractivity contribution < 1.29 is 4.74 Å². The van der Waals surface area contributed by atoms with E-state index in [9.17, 15) is 0 Å². The SMILES string of the molecule is CCNC1COCC1CNC(C)(C)C. The van der Waals surface area contributed by atoms with Crippen LogP contribution < -0.4 is 10.6 Å². The van der Waals surface area contributed by atoms with Crippen LogP contribution in [0.1, 0.15) is 27.7 Å². The zero-order chi connectivity index (χ0) is 10.6. The molecule has 0 saturated carbocycles. The molecule has 0 amide bonds. The fourth-order valence-corrected chi connectivity index (χ4v) is 1.72. The Morgan fingerprint density at radius 3 is 2.57 bits per heavy atom. The fraction of sp³-hybridized carbons (Fsp3) is 1.00. The molecule has 3 nitrogen and oxygen atoms in total. The molecule has 0 aromatic rings. The molecule has 1 saturated heterocycles. The van der Waals surface area contributed by atoms with Gasteiger partial charge < -0.3 is 15.4 Å². The normalized spacial score (nSPS) is 28.3. The molecule has 2 N–H and O–H groups in total. The lowest BCUT2D eigenvalue weighted by Gasteiger charge is -2.25. The van der Waals surface area contributed by atoms with Gasteiger partial charge in [0, 0.05) is 24.0 Å². The second-order valence-corrected chi connectivity index (χ2v) is 5.09. The van der Waals surface area contributed by atoms with E-state index in [4.69, 9.17) is 4.74 Å². The third-order valence-electron chi connectivity index (χ3n) is 2.56. The van der Waals surface area contributed by atoms with Gasteiger partial charge in [0.1, 0.15) is 0 Å². The summed E-state index contributed by atoms with van der Waals surface area (Å²) in [5.74, 6) is 0.620. The molecule has 1 fully saturated rings. The summed E-state index contributed by atoms with van der Waals surface area (Å²) in [6, 6.07) is 0.537. The zero-order valence-corrected chi connectivity index (χ0v) is 9.89. The summed E-state index contributed by atoms with van der Waals surface area (Å²) in [7, 11) is 0. The van der Waals surface area contributed by atoms with Gasteiger partial charge in [0.15, 0.2) is 0 Å². The Bertz CT molecular complexity index is 165. The Kier molecular flexibility index (Phi) is 4.35. The molecule has 14 heavy (non-hydrogen) atoms. The van der Waals surface area contributed by atoms with Gasteiger partial charge in [-0.3, -0.25) is 0 Å². The summed E-state index contributed by atoms with van der Waals surface area (Å²) < 4.78 is 5.48. The van der Waals surface area contributed by atoms with Crippen molar-refractivity contribution in [3.8, 4) is 0 Å². The van der Waals surface area contributed by atoms with Gasteiger partial charge in [-0.15, -0.1) is 0 Å². The molecule has 0 spiro atoms. The molecular formula is C11H24N2O. The molecule has 84 valence electrons. The maximum absolute atomic E-state index is 5.48. The third-order valence-corrected chi connectivity index (χ3v) is 2.56. The monoisotopic (exact) mass is 200 g/mol. The molecule has 0 aliphatic carbocycles. The average molecular weight is 200 g/mol. The molecule has 1 rings (SSSR count). The first-order chi connectivity index (χ1) is 6.53. The van der Waals surface area contributed by atoms with Gasteiger partial charge in [0.25, 0.3) is 0 Å². The largest absolute Gasteiger partial charge is 0.379 e. The first-order valence-electron chi connectivity index (χ1n) is 5.59. The average Bonchev–Trinajstić information content (AvgIpc) is 2.48. The second kappa shape index (κ2) is 5.10. The predicted molar refractivity (Wildman–Crippen MR) is 59.5 cm³/mol. The molecule has 0 aromatic heterocycles. The molecule has 2 unspecified atom stereocenters. The molecule has 0 bridgehead atoms. The number of ether oxygens (including phenoxy) is 1. The molecule has 2 atom stereocenters. The summed E-state index contributed by atoms with van der Waals surface area (Å²) in [5.41, 5.74) is 0.208. The van der Waals surface area contributed by atoms with E-state index < -0.39 is 0 Å². The van der Waals surface area contributed by atoms with E-state index in [-0.39, 0.29) is 5.54 Å². The van der Waals surface area contributed by atoms with Crippen LogP contribution in [0, 0.1) is 5.92 Å². The number of rotatable bonds is 4. The van der Waals surface area contributed by atoms with Crippen molar-refractivity contribution in [2.24, 2.45) is 5.92 Å². The van der Waals surface area contributed by atoms with E-state index >= 15 is 0 Å². The van der Waals surface area contributed by atoms with Gasteiger partial charge in [-0.05, 0) is 27.3 Å². The molecule has 1 aliphatic heterocycles. The highest BCUT2D eigenvalue weighted by atomic mass is 16.5. The van der Waals surface area contributed by atoms with Crippen LogP contribution in [0.3, 0.4) is 0 Å². The standard InChI is InChI=1S/C11H24N2O/c1-5-12-10-8-14-7-9(10)6-13-11(2,3)4/h9-10,12-13H,5-8H2,1-4H3. The lowest BCUT2D eigenvalue weighted by atomic mass is 10.0. The summed E-state index contributed by atoms with van der Waals surface area (Å²) >= 11 is 0. The molecule has 3 heteroatoms. The topological polar surface area (TPSA) is 33.3 Å². The molecule has 0 radical (unpaired) electrons. The minimum absolute atomic E-state index is 0.208. The van der Waals surface area contributed by atoms with E-state index in [1.54, 1.807) is 0 Å². The maximum atomic E-state index is 5.48. The summed E-state index contributed by atoms with van der Waals surface area (Å²) in [6.07, 6.45) is 0. The first kappa shape index (κ1) is 12.0. The van der Waals surface area contributed by atoms with Crippen molar-refractivity contribution >= 4 is 0 Å². The van der Waals surface area contributed by atoms with Crippen LogP contribution in [0.5, 0.6) is 0 Å². The minimum Gasteiger partial charge on any atom is -0.379 e. The van der Waals surface area contributed by atoms with Gasteiger partial charge in [0.05, 0.1) is 13.2 Å². The van der Waals surface area contributed by atoms with Crippen molar-refractivity contribution in [1.29, 1.82) is 0 Å². The Balaban J connectivity index is 2.29. The molecule has 1 heterocycles. The van der Waals surface area contributed by atoms with Crippen LogP contribution in [0.2, 0.25) is 0 Å². The Morgan fingerprint density at radius 1 is 1.29 bits per heavy atom. The molecule has 0 aromatic carbocycles. The van der Waals surface area contributed by atoms with Crippen LogP contribution in [0.15, 0.2) is 0 Å². The Labute approximate surface area is 87.6 Å². The highest BCUT2D eigenvalue weighted by molar-refractivity contribution is 4.84. The smallest absolute Gasteiger partial charge is 0.0623 e. The van der Waals surface area contributed by atoms with Crippen molar-refractivity contribution in [3.05, 3.63) is 0 Å². The fourth-order valence-electron chi connectivity index (χ4n) is 1.72. The van der Waals surface area contributed by atoms with Crippen LogP contribution in [-0.4, -0.2) is 37.9 Å².